The Morgan fingerprint density at radius 2 is 2.16 bits per heavy atom. The lowest BCUT2D eigenvalue weighted by molar-refractivity contribution is -0.384. The molecule has 0 atom stereocenters. The van der Waals surface area contributed by atoms with Crippen molar-refractivity contribution < 1.29 is 9.72 Å². The summed E-state index contributed by atoms with van der Waals surface area (Å²) in [7, 11) is 0. The number of benzene rings is 1. The Labute approximate surface area is 116 Å². The monoisotopic (exact) mass is 285 g/mol. The first-order valence-electron chi connectivity index (χ1n) is 5.92. The van der Waals surface area contributed by atoms with Crippen LogP contribution in [0.15, 0.2) is 18.2 Å². The summed E-state index contributed by atoms with van der Waals surface area (Å²) in [6.07, 6.45) is 1.98. The molecule has 1 aromatic rings. The minimum atomic E-state index is -0.479. The molecule has 0 aliphatic rings. The van der Waals surface area contributed by atoms with Crippen molar-refractivity contribution in [1.29, 1.82) is 0 Å². The lowest BCUT2D eigenvalue weighted by Gasteiger charge is -2.06. The quantitative estimate of drug-likeness (QED) is 0.433. The zero-order valence-corrected chi connectivity index (χ0v) is 11.2. The molecule has 19 heavy (non-hydrogen) atoms. The van der Waals surface area contributed by atoms with Gasteiger partial charge in [0.15, 0.2) is 0 Å². The fourth-order valence-electron chi connectivity index (χ4n) is 1.57. The molecule has 104 valence electrons. The molecule has 0 spiro atoms. The van der Waals surface area contributed by atoms with Crippen molar-refractivity contribution in [3.05, 3.63) is 38.9 Å². The molecule has 0 heterocycles. The van der Waals surface area contributed by atoms with Crippen LogP contribution < -0.4 is 11.1 Å². The van der Waals surface area contributed by atoms with Crippen molar-refractivity contribution in [2.75, 3.05) is 6.54 Å². The lowest BCUT2D eigenvalue weighted by atomic mass is 10.2. The van der Waals surface area contributed by atoms with Crippen LogP contribution in [-0.2, 0) is 11.3 Å². The van der Waals surface area contributed by atoms with E-state index in [0.29, 0.717) is 18.0 Å². The number of non-ortho nitro benzene ring substituents is 1. The number of halogens is 1. The molecule has 0 fully saturated rings. The van der Waals surface area contributed by atoms with Crippen LogP contribution in [0.5, 0.6) is 0 Å². The van der Waals surface area contributed by atoms with E-state index in [2.05, 4.69) is 5.32 Å². The fraction of sp³-hybridized carbons (Fsp3) is 0.417. The van der Waals surface area contributed by atoms with Gasteiger partial charge in [-0.1, -0.05) is 11.6 Å². The molecule has 0 unspecified atom stereocenters. The normalized spacial score (nSPS) is 10.4. The van der Waals surface area contributed by atoms with Gasteiger partial charge >= 0.3 is 0 Å². The number of hydrogen-bond acceptors (Lipinski definition) is 4. The molecule has 0 saturated heterocycles. The van der Waals surface area contributed by atoms with Crippen LogP contribution >= 0.6 is 11.6 Å². The van der Waals surface area contributed by atoms with Crippen LogP contribution in [0.25, 0.3) is 0 Å². The number of hydrogen-bond donors (Lipinski definition) is 2. The maximum Gasteiger partial charge on any atom is 0.270 e. The first kappa shape index (κ1) is 15.4. The van der Waals surface area contributed by atoms with Crippen LogP contribution in [0.4, 0.5) is 5.69 Å². The Bertz CT molecular complexity index is 466. The molecule has 0 aliphatic heterocycles. The highest BCUT2D eigenvalue weighted by Crippen LogP contribution is 2.22. The van der Waals surface area contributed by atoms with Gasteiger partial charge in [-0.3, -0.25) is 14.9 Å². The summed E-state index contributed by atoms with van der Waals surface area (Å²) in [6.45, 7) is 1.27. The van der Waals surface area contributed by atoms with Gasteiger partial charge in [0.2, 0.25) is 5.91 Å². The number of nitro benzene ring substituents is 1. The third-order valence-electron chi connectivity index (χ3n) is 2.59. The number of rotatable bonds is 8. The van der Waals surface area contributed by atoms with Crippen LogP contribution in [0.2, 0.25) is 5.02 Å². The molecule has 0 saturated carbocycles. The smallest absolute Gasteiger partial charge is 0.270 e. The van der Waals surface area contributed by atoms with Gasteiger partial charge in [-0.2, -0.15) is 0 Å². The van der Waals surface area contributed by atoms with Crippen molar-refractivity contribution in [2.45, 2.75) is 25.8 Å². The summed E-state index contributed by atoms with van der Waals surface area (Å²) in [6, 6.07) is 4.40. The summed E-state index contributed by atoms with van der Waals surface area (Å²) in [5, 5.41) is 14.1. The molecule has 7 heteroatoms. The second-order valence-electron chi connectivity index (χ2n) is 4.13. The highest BCUT2D eigenvalue weighted by molar-refractivity contribution is 6.31. The zero-order valence-electron chi connectivity index (χ0n) is 10.4. The average Bonchev–Trinajstić information content (AvgIpc) is 2.34. The van der Waals surface area contributed by atoms with Crippen molar-refractivity contribution >= 4 is 23.2 Å². The van der Waals surface area contributed by atoms with Crippen LogP contribution in [0.1, 0.15) is 24.8 Å². The number of nitro groups is 1. The van der Waals surface area contributed by atoms with E-state index in [1.54, 1.807) is 6.07 Å². The molecule has 1 amide bonds. The first-order chi connectivity index (χ1) is 9.00. The summed E-state index contributed by atoms with van der Waals surface area (Å²) < 4.78 is 0. The number of nitrogens with one attached hydrogen (secondary N) is 1. The standard InChI is InChI=1S/C12H16ClN3O3/c13-11-7-10(16(18)19)5-4-9(11)8-15-6-2-1-3-12(14)17/h4-5,7,15H,1-3,6,8H2,(H2,14,17). The SMILES string of the molecule is NC(=O)CCCCNCc1ccc([N+](=O)[O-])cc1Cl. The maximum absolute atomic E-state index is 10.5. The van der Waals surface area contributed by atoms with E-state index in [1.807, 2.05) is 0 Å². The van der Waals surface area contributed by atoms with Gasteiger partial charge in [0.05, 0.1) is 9.95 Å². The predicted molar refractivity (Wildman–Crippen MR) is 72.9 cm³/mol. The Balaban J connectivity index is 2.33. The molecule has 0 bridgehead atoms. The number of primary amides is 1. The van der Waals surface area contributed by atoms with Gasteiger partial charge in [-0.25, -0.2) is 0 Å². The Hall–Kier alpha value is -1.66. The summed E-state index contributed by atoms with van der Waals surface area (Å²) in [5.41, 5.74) is 5.81. The number of carbonyl (C=O) groups is 1. The topological polar surface area (TPSA) is 98.3 Å². The van der Waals surface area contributed by atoms with Crippen molar-refractivity contribution in [3.63, 3.8) is 0 Å². The average molecular weight is 286 g/mol. The molecule has 1 aromatic carbocycles. The van der Waals surface area contributed by atoms with E-state index in [1.165, 1.54) is 12.1 Å². The molecule has 6 nitrogen and oxygen atoms in total. The minimum Gasteiger partial charge on any atom is -0.370 e. The second kappa shape index (κ2) is 7.70. The Kier molecular flexibility index (Phi) is 6.24. The molecule has 0 radical (unpaired) electrons. The van der Waals surface area contributed by atoms with E-state index in [-0.39, 0.29) is 11.6 Å². The number of nitrogens with two attached hydrogens (primary N) is 1. The van der Waals surface area contributed by atoms with Crippen LogP contribution in [-0.4, -0.2) is 17.4 Å². The minimum absolute atomic E-state index is 0.0183. The lowest BCUT2D eigenvalue weighted by Crippen LogP contribution is -2.16. The van der Waals surface area contributed by atoms with Crippen LogP contribution in [0, 0.1) is 10.1 Å². The van der Waals surface area contributed by atoms with E-state index in [9.17, 15) is 14.9 Å². The third-order valence-corrected chi connectivity index (χ3v) is 2.94. The van der Waals surface area contributed by atoms with Gasteiger partial charge in [-0.15, -0.1) is 0 Å². The molecule has 0 aromatic heterocycles. The van der Waals surface area contributed by atoms with E-state index in [0.717, 1.165) is 24.9 Å². The van der Waals surface area contributed by atoms with E-state index < -0.39 is 4.92 Å². The van der Waals surface area contributed by atoms with Gasteiger partial charge in [0.1, 0.15) is 0 Å². The Morgan fingerprint density at radius 3 is 2.74 bits per heavy atom. The fourth-order valence-corrected chi connectivity index (χ4v) is 1.81. The first-order valence-corrected chi connectivity index (χ1v) is 6.30. The highest BCUT2D eigenvalue weighted by Gasteiger charge is 2.08. The van der Waals surface area contributed by atoms with Crippen LogP contribution in [0.3, 0.4) is 0 Å². The van der Waals surface area contributed by atoms with E-state index in [4.69, 9.17) is 17.3 Å². The molecular weight excluding hydrogens is 270 g/mol. The summed E-state index contributed by atoms with van der Waals surface area (Å²) in [4.78, 5) is 20.6. The van der Waals surface area contributed by atoms with Gasteiger partial charge in [0, 0.05) is 25.1 Å². The summed E-state index contributed by atoms with van der Waals surface area (Å²) in [5.74, 6) is -0.293. The number of nitrogens with zero attached hydrogens (tertiary/aromatic N) is 1. The Morgan fingerprint density at radius 1 is 1.42 bits per heavy atom. The number of unbranched alkanes of at least 4 members (excludes halogenated alkanes) is 1. The molecule has 1 rings (SSSR count). The van der Waals surface area contributed by atoms with E-state index >= 15 is 0 Å². The molecular formula is C12H16ClN3O3. The summed E-state index contributed by atoms with van der Waals surface area (Å²) >= 11 is 5.95. The van der Waals surface area contributed by atoms with Gasteiger partial charge in [0.25, 0.3) is 5.69 Å². The second-order valence-corrected chi connectivity index (χ2v) is 4.54. The largest absolute Gasteiger partial charge is 0.370 e. The molecule has 0 aliphatic carbocycles. The zero-order chi connectivity index (χ0) is 14.3. The van der Waals surface area contributed by atoms with Gasteiger partial charge < -0.3 is 11.1 Å². The maximum atomic E-state index is 10.5. The van der Waals surface area contributed by atoms with Gasteiger partial charge in [-0.05, 0) is 31.0 Å². The molecule has 3 N–H and O–H groups in total. The van der Waals surface area contributed by atoms with Crippen molar-refractivity contribution in [1.82, 2.24) is 5.32 Å². The predicted octanol–water partition coefficient (Wildman–Crippen LogP) is 1.99. The van der Waals surface area contributed by atoms with Crippen molar-refractivity contribution in [3.8, 4) is 0 Å². The highest BCUT2D eigenvalue weighted by atomic mass is 35.5. The van der Waals surface area contributed by atoms with Crippen molar-refractivity contribution in [2.24, 2.45) is 5.73 Å². The number of carbonyl (C=O) groups excluding carboxylic acids is 1. The number of amides is 1. The third kappa shape index (κ3) is 5.67.